The molecule has 96 valence electrons. The van der Waals surface area contributed by atoms with Gasteiger partial charge < -0.3 is 9.15 Å². The highest BCUT2D eigenvalue weighted by molar-refractivity contribution is 8.13. The van der Waals surface area contributed by atoms with Crippen LogP contribution in [-0.4, -0.2) is 26.0 Å². The lowest BCUT2D eigenvalue weighted by molar-refractivity contribution is 0.0526. The van der Waals surface area contributed by atoms with Gasteiger partial charge in [-0.05, 0) is 25.1 Å². The summed E-state index contributed by atoms with van der Waals surface area (Å²) in [6, 6.07) is 4.27. The van der Waals surface area contributed by atoms with Gasteiger partial charge in [0.05, 0.1) is 12.2 Å². The summed E-state index contributed by atoms with van der Waals surface area (Å²) in [6.07, 6.45) is 0. The van der Waals surface area contributed by atoms with E-state index in [9.17, 15) is 13.2 Å². The minimum absolute atomic E-state index is 0.153. The average Bonchev–Trinajstić information content (AvgIpc) is 2.71. The number of halogens is 1. The van der Waals surface area contributed by atoms with Gasteiger partial charge in [0.15, 0.2) is 5.58 Å². The summed E-state index contributed by atoms with van der Waals surface area (Å²) in [6.45, 7) is 1.93. The highest BCUT2D eigenvalue weighted by atomic mass is 35.7. The smallest absolute Gasteiger partial charge is 0.338 e. The molecule has 0 unspecified atom stereocenters. The van der Waals surface area contributed by atoms with Crippen LogP contribution < -0.4 is 0 Å². The zero-order chi connectivity index (χ0) is 13.3. The molecular formula is C10H8ClNO5S. The van der Waals surface area contributed by atoms with E-state index in [-0.39, 0.29) is 17.8 Å². The molecule has 6 nitrogen and oxygen atoms in total. The lowest BCUT2D eigenvalue weighted by atomic mass is 10.2. The molecule has 8 heteroatoms. The van der Waals surface area contributed by atoms with Gasteiger partial charge in [-0.15, -0.1) is 0 Å². The van der Waals surface area contributed by atoms with Gasteiger partial charge in [-0.2, -0.15) is 4.98 Å². The van der Waals surface area contributed by atoms with Crippen LogP contribution in [0.25, 0.3) is 11.1 Å². The van der Waals surface area contributed by atoms with Crippen molar-refractivity contribution in [2.45, 2.75) is 12.1 Å². The highest BCUT2D eigenvalue weighted by Gasteiger charge is 2.19. The molecule has 18 heavy (non-hydrogen) atoms. The summed E-state index contributed by atoms with van der Waals surface area (Å²) in [5.41, 5.74) is 0.695. The number of hydrogen-bond acceptors (Lipinski definition) is 6. The number of carbonyl (C=O) groups excluding carboxylic acids is 1. The van der Waals surface area contributed by atoms with Crippen LogP contribution >= 0.6 is 10.7 Å². The van der Waals surface area contributed by atoms with Gasteiger partial charge >= 0.3 is 20.2 Å². The van der Waals surface area contributed by atoms with Gasteiger partial charge in [-0.1, -0.05) is 0 Å². The van der Waals surface area contributed by atoms with Crippen molar-refractivity contribution in [3.63, 3.8) is 0 Å². The Balaban J connectivity index is 2.49. The molecule has 2 aromatic rings. The Kier molecular flexibility index (Phi) is 3.27. The van der Waals surface area contributed by atoms with Crippen molar-refractivity contribution in [3.05, 3.63) is 23.8 Å². The largest absolute Gasteiger partial charge is 0.462 e. The Labute approximate surface area is 107 Å². The molecule has 0 saturated carbocycles. The summed E-state index contributed by atoms with van der Waals surface area (Å²) < 4.78 is 31.9. The molecule has 0 spiro atoms. The number of hydrogen-bond donors (Lipinski definition) is 0. The molecule has 0 amide bonds. The molecule has 0 bridgehead atoms. The second-order valence-corrected chi connectivity index (χ2v) is 5.76. The van der Waals surface area contributed by atoms with E-state index in [1.165, 1.54) is 18.2 Å². The van der Waals surface area contributed by atoms with Crippen LogP contribution in [-0.2, 0) is 13.8 Å². The van der Waals surface area contributed by atoms with E-state index >= 15 is 0 Å². The maximum Gasteiger partial charge on any atom is 0.338 e. The molecule has 0 aliphatic rings. The van der Waals surface area contributed by atoms with Crippen LogP contribution in [0.5, 0.6) is 0 Å². The Morgan fingerprint density at radius 2 is 2.22 bits per heavy atom. The maximum absolute atomic E-state index is 11.5. The number of fused-ring (bicyclic) bond motifs is 1. The predicted octanol–water partition coefficient (Wildman–Crippen LogP) is 1.93. The molecule has 0 radical (unpaired) electrons. The van der Waals surface area contributed by atoms with E-state index in [4.69, 9.17) is 19.8 Å². The topological polar surface area (TPSA) is 86.5 Å². The normalized spacial score (nSPS) is 11.7. The standard InChI is InChI=1S/C10H8ClNO5S/c1-2-16-9(13)6-3-4-7-8(5-6)17-10(12-7)18(11,14)15/h3-5H,2H2,1H3. The third-order valence-electron chi connectivity index (χ3n) is 2.09. The molecule has 0 N–H and O–H groups in total. The van der Waals surface area contributed by atoms with Crippen LogP contribution in [0.15, 0.2) is 27.8 Å². The summed E-state index contributed by atoms with van der Waals surface area (Å²) in [5, 5.41) is -0.597. The fourth-order valence-corrected chi connectivity index (χ4v) is 1.94. The quantitative estimate of drug-likeness (QED) is 0.634. The van der Waals surface area contributed by atoms with Gasteiger partial charge in [-0.25, -0.2) is 13.2 Å². The minimum atomic E-state index is -4.03. The van der Waals surface area contributed by atoms with Crippen LogP contribution in [0, 0.1) is 0 Å². The van der Waals surface area contributed by atoms with Crippen molar-refractivity contribution in [2.75, 3.05) is 6.61 Å². The molecular weight excluding hydrogens is 282 g/mol. The number of aromatic nitrogens is 1. The van der Waals surface area contributed by atoms with E-state index in [1.54, 1.807) is 6.92 Å². The van der Waals surface area contributed by atoms with Crippen molar-refractivity contribution in [1.82, 2.24) is 4.98 Å². The van der Waals surface area contributed by atoms with Gasteiger partial charge in [0, 0.05) is 10.7 Å². The van der Waals surface area contributed by atoms with Crippen molar-refractivity contribution >= 4 is 36.8 Å². The summed E-state index contributed by atoms with van der Waals surface area (Å²) in [7, 11) is 1.08. The average molecular weight is 290 g/mol. The summed E-state index contributed by atoms with van der Waals surface area (Å²) in [5.74, 6) is -0.522. The molecule has 0 aliphatic heterocycles. The fraction of sp³-hybridized carbons (Fsp3) is 0.200. The summed E-state index contributed by atoms with van der Waals surface area (Å²) >= 11 is 0. The number of esters is 1. The molecule has 0 saturated heterocycles. The zero-order valence-electron chi connectivity index (χ0n) is 9.21. The van der Waals surface area contributed by atoms with Gasteiger partial charge in [0.25, 0.3) is 0 Å². The number of oxazole rings is 1. The molecule has 1 aromatic heterocycles. The van der Waals surface area contributed by atoms with Crippen LogP contribution in [0.4, 0.5) is 0 Å². The Morgan fingerprint density at radius 3 is 2.83 bits per heavy atom. The van der Waals surface area contributed by atoms with E-state index in [0.717, 1.165) is 0 Å². The number of rotatable bonds is 3. The second kappa shape index (κ2) is 4.58. The lowest BCUT2D eigenvalue weighted by Crippen LogP contribution is -2.03. The lowest BCUT2D eigenvalue weighted by Gasteiger charge is -2.00. The van der Waals surface area contributed by atoms with Gasteiger partial charge in [0.2, 0.25) is 0 Å². The van der Waals surface area contributed by atoms with Crippen molar-refractivity contribution in [1.29, 1.82) is 0 Å². The highest BCUT2D eigenvalue weighted by Crippen LogP contribution is 2.22. The Hall–Kier alpha value is -1.60. The third kappa shape index (κ3) is 2.46. The van der Waals surface area contributed by atoms with Crippen LogP contribution in [0.1, 0.15) is 17.3 Å². The molecule has 1 heterocycles. The minimum Gasteiger partial charge on any atom is -0.462 e. The molecule has 0 aliphatic carbocycles. The van der Waals surface area contributed by atoms with Crippen molar-refractivity contribution < 1.29 is 22.4 Å². The number of benzene rings is 1. The van der Waals surface area contributed by atoms with E-state index in [0.29, 0.717) is 5.52 Å². The third-order valence-corrected chi connectivity index (χ3v) is 3.08. The van der Waals surface area contributed by atoms with Crippen molar-refractivity contribution in [2.24, 2.45) is 0 Å². The maximum atomic E-state index is 11.5. The number of carbonyl (C=O) groups is 1. The van der Waals surface area contributed by atoms with Crippen LogP contribution in [0.2, 0.25) is 0 Å². The monoisotopic (exact) mass is 289 g/mol. The first kappa shape index (κ1) is 12.8. The Morgan fingerprint density at radius 1 is 1.50 bits per heavy atom. The first-order valence-electron chi connectivity index (χ1n) is 4.94. The van der Waals surface area contributed by atoms with E-state index in [1.807, 2.05) is 0 Å². The predicted molar refractivity (Wildman–Crippen MR) is 63.0 cm³/mol. The van der Waals surface area contributed by atoms with Crippen molar-refractivity contribution in [3.8, 4) is 0 Å². The first-order chi connectivity index (χ1) is 8.41. The van der Waals surface area contributed by atoms with E-state index in [2.05, 4.69) is 4.98 Å². The fourth-order valence-electron chi connectivity index (χ4n) is 1.35. The summed E-state index contributed by atoms with van der Waals surface area (Å²) in [4.78, 5) is 15.2. The SMILES string of the molecule is CCOC(=O)c1ccc2nc(S(=O)(=O)Cl)oc2c1. The number of nitrogens with zero attached hydrogens (tertiary/aromatic N) is 1. The van der Waals surface area contributed by atoms with Crippen LogP contribution in [0.3, 0.4) is 0 Å². The van der Waals surface area contributed by atoms with E-state index < -0.39 is 20.2 Å². The molecule has 1 aromatic carbocycles. The van der Waals surface area contributed by atoms with Gasteiger partial charge in [-0.3, -0.25) is 0 Å². The first-order valence-corrected chi connectivity index (χ1v) is 7.25. The van der Waals surface area contributed by atoms with Gasteiger partial charge in [0.1, 0.15) is 5.52 Å². The molecule has 2 rings (SSSR count). The Bertz CT molecular complexity index is 706. The zero-order valence-corrected chi connectivity index (χ0v) is 10.8. The molecule has 0 fully saturated rings. The second-order valence-electron chi connectivity index (χ2n) is 3.32. The molecule has 0 atom stereocenters. The number of ether oxygens (including phenoxy) is 1.